The molecule has 1 aromatic carbocycles. The lowest BCUT2D eigenvalue weighted by Gasteiger charge is -2.38. The zero-order valence-electron chi connectivity index (χ0n) is 12.9. The zero-order chi connectivity index (χ0) is 14.5. The van der Waals surface area contributed by atoms with Gasteiger partial charge >= 0.3 is 0 Å². The van der Waals surface area contributed by atoms with Crippen LogP contribution in [0, 0.1) is 0 Å². The summed E-state index contributed by atoms with van der Waals surface area (Å²) in [6, 6.07) is 6.76. The van der Waals surface area contributed by atoms with Crippen LogP contribution in [0.25, 0.3) is 0 Å². The van der Waals surface area contributed by atoms with Gasteiger partial charge in [-0.3, -0.25) is 4.90 Å². The molecule has 4 heteroatoms. The second kappa shape index (κ2) is 6.84. The van der Waals surface area contributed by atoms with Crippen LogP contribution >= 0.6 is 0 Å². The van der Waals surface area contributed by atoms with Crippen molar-refractivity contribution >= 4 is 11.4 Å². The number of hydrogen-bond acceptors (Lipinski definition) is 4. The second-order valence-electron chi connectivity index (χ2n) is 5.69. The van der Waals surface area contributed by atoms with E-state index in [0.29, 0.717) is 6.04 Å². The minimum Gasteiger partial charge on any atom is -0.491 e. The fraction of sp³-hybridized carbons (Fsp3) is 0.625. The van der Waals surface area contributed by atoms with Crippen molar-refractivity contribution in [1.82, 2.24) is 4.90 Å². The van der Waals surface area contributed by atoms with E-state index in [2.05, 4.69) is 42.7 Å². The summed E-state index contributed by atoms with van der Waals surface area (Å²) in [5.41, 5.74) is 7.91. The number of rotatable bonds is 5. The van der Waals surface area contributed by atoms with Crippen LogP contribution in [0.5, 0.6) is 5.75 Å². The van der Waals surface area contributed by atoms with E-state index in [0.717, 1.165) is 50.6 Å². The molecule has 1 saturated heterocycles. The van der Waals surface area contributed by atoms with E-state index in [1.54, 1.807) is 0 Å². The topological polar surface area (TPSA) is 41.7 Å². The largest absolute Gasteiger partial charge is 0.491 e. The highest BCUT2D eigenvalue weighted by Gasteiger charge is 2.19. The molecule has 0 radical (unpaired) electrons. The normalized spacial score (nSPS) is 16.7. The number of nitrogen functional groups attached to an aromatic ring is 1. The van der Waals surface area contributed by atoms with Gasteiger partial charge in [0.25, 0.3) is 0 Å². The standard InChI is InChI=1S/C16H27N3O/c1-4-11-20-16-12-14(5-6-15(16)17)19-9-7-18(8-10-19)13(2)3/h5-6,12-13H,4,7-11,17H2,1-3H3. The van der Waals surface area contributed by atoms with Gasteiger partial charge < -0.3 is 15.4 Å². The summed E-state index contributed by atoms with van der Waals surface area (Å²) in [5.74, 6) is 0.815. The molecule has 1 fully saturated rings. The molecule has 0 saturated carbocycles. The molecule has 0 unspecified atom stereocenters. The first-order valence-corrected chi connectivity index (χ1v) is 7.63. The van der Waals surface area contributed by atoms with Crippen LogP contribution in [0.3, 0.4) is 0 Å². The summed E-state index contributed by atoms with van der Waals surface area (Å²) in [7, 11) is 0. The lowest BCUT2D eigenvalue weighted by atomic mass is 10.2. The van der Waals surface area contributed by atoms with E-state index in [1.165, 1.54) is 5.69 Å². The van der Waals surface area contributed by atoms with Gasteiger partial charge in [-0.2, -0.15) is 0 Å². The maximum Gasteiger partial charge on any atom is 0.144 e. The van der Waals surface area contributed by atoms with Crippen LogP contribution in [-0.4, -0.2) is 43.7 Å². The van der Waals surface area contributed by atoms with E-state index in [-0.39, 0.29) is 0 Å². The van der Waals surface area contributed by atoms with Crippen molar-refractivity contribution in [2.45, 2.75) is 33.2 Å². The molecule has 112 valence electrons. The van der Waals surface area contributed by atoms with Crippen molar-refractivity contribution in [3.63, 3.8) is 0 Å². The molecule has 2 N–H and O–H groups in total. The number of nitrogens with two attached hydrogens (primary N) is 1. The number of ether oxygens (including phenoxy) is 1. The Morgan fingerprint density at radius 1 is 1.20 bits per heavy atom. The Balaban J connectivity index is 2.02. The van der Waals surface area contributed by atoms with Crippen LogP contribution < -0.4 is 15.4 Å². The SMILES string of the molecule is CCCOc1cc(N2CCN(C(C)C)CC2)ccc1N. The van der Waals surface area contributed by atoms with E-state index in [9.17, 15) is 0 Å². The summed E-state index contributed by atoms with van der Waals surface area (Å²) in [6.45, 7) is 11.7. The van der Waals surface area contributed by atoms with Gasteiger partial charge in [0.05, 0.1) is 12.3 Å². The van der Waals surface area contributed by atoms with Gasteiger partial charge in [-0.25, -0.2) is 0 Å². The molecule has 0 bridgehead atoms. The predicted octanol–water partition coefficient (Wildman–Crippen LogP) is 2.59. The van der Waals surface area contributed by atoms with E-state index in [4.69, 9.17) is 10.5 Å². The third-order valence-electron chi connectivity index (χ3n) is 3.87. The van der Waals surface area contributed by atoms with Crippen molar-refractivity contribution in [3.05, 3.63) is 18.2 Å². The Morgan fingerprint density at radius 3 is 2.50 bits per heavy atom. The van der Waals surface area contributed by atoms with E-state index >= 15 is 0 Å². The van der Waals surface area contributed by atoms with Crippen LogP contribution in [0.1, 0.15) is 27.2 Å². The molecule has 0 spiro atoms. The summed E-state index contributed by atoms with van der Waals surface area (Å²) in [6.07, 6.45) is 0.997. The Kier molecular flexibility index (Phi) is 5.12. The quantitative estimate of drug-likeness (QED) is 0.840. The highest BCUT2D eigenvalue weighted by Crippen LogP contribution is 2.28. The molecule has 0 aromatic heterocycles. The molecule has 0 aliphatic carbocycles. The molecule has 4 nitrogen and oxygen atoms in total. The highest BCUT2D eigenvalue weighted by atomic mass is 16.5. The molecule has 20 heavy (non-hydrogen) atoms. The molecule has 0 amide bonds. The monoisotopic (exact) mass is 277 g/mol. The van der Waals surface area contributed by atoms with Gasteiger partial charge in [0.1, 0.15) is 5.75 Å². The third kappa shape index (κ3) is 3.57. The summed E-state index contributed by atoms with van der Waals surface area (Å²) >= 11 is 0. The smallest absolute Gasteiger partial charge is 0.144 e. The average Bonchev–Trinajstić information content (AvgIpc) is 2.46. The lowest BCUT2D eigenvalue weighted by molar-refractivity contribution is 0.209. The van der Waals surface area contributed by atoms with Crippen molar-refractivity contribution < 1.29 is 4.74 Å². The maximum absolute atomic E-state index is 5.97. The van der Waals surface area contributed by atoms with Gasteiger partial charge in [-0.05, 0) is 32.4 Å². The summed E-state index contributed by atoms with van der Waals surface area (Å²) < 4.78 is 5.71. The van der Waals surface area contributed by atoms with Gasteiger partial charge in [0.2, 0.25) is 0 Å². The first-order valence-electron chi connectivity index (χ1n) is 7.63. The molecule has 1 aromatic rings. The Hall–Kier alpha value is -1.42. The Bertz CT molecular complexity index is 426. The second-order valence-corrected chi connectivity index (χ2v) is 5.69. The average molecular weight is 277 g/mol. The fourth-order valence-corrected chi connectivity index (χ4v) is 2.55. The summed E-state index contributed by atoms with van der Waals surface area (Å²) in [5, 5.41) is 0. The molecule has 2 rings (SSSR count). The third-order valence-corrected chi connectivity index (χ3v) is 3.87. The zero-order valence-corrected chi connectivity index (χ0v) is 12.9. The first-order chi connectivity index (χ1) is 9.61. The van der Waals surface area contributed by atoms with Gasteiger partial charge in [0, 0.05) is 44.0 Å². The predicted molar refractivity (Wildman–Crippen MR) is 85.6 cm³/mol. The summed E-state index contributed by atoms with van der Waals surface area (Å²) in [4.78, 5) is 4.93. The van der Waals surface area contributed by atoms with Crippen molar-refractivity contribution in [2.75, 3.05) is 43.4 Å². The first kappa shape index (κ1) is 15.0. The minimum absolute atomic E-state index is 0.631. The van der Waals surface area contributed by atoms with Crippen molar-refractivity contribution in [1.29, 1.82) is 0 Å². The van der Waals surface area contributed by atoms with Crippen LogP contribution in [-0.2, 0) is 0 Å². The van der Waals surface area contributed by atoms with Crippen molar-refractivity contribution in [2.24, 2.45) is 0 Å². The fourth-order valence-electron chi connectivity index (χ4n) is 2.55. The molecular formula is C16H27N3O. The Morgan fingerprint density at radius 2 is 1.90 bits per heavy atom. The van der Waals surface area contributed by atoms with Crippen LogP contribution in [0.15, 0.2) is 18.2 Å². The van der Waals surface area contributed by atoms with Crippen LogP contribution in [0.4, 0.5) is 11.4 Å². The van der Waals surface area contributed by atoms with E-state index < -0.39 is 0 Å². The molecular weight excluding hydrogens is 250 g/mol. The molecule has 1 aliphatic heterocycles. The highest BCUT2D eigenvalue weighted by molar-refractivity contribution is 5.62. The Labute approximate surface area is 122 Å². The van der Waals surface area contributed by atoms with Gasteiger partial charge in [-0.1, -0.05) is 6.92 Å². The number of nitrogens with zero attached hydrogens (tertiary/aromatic N) is 2. The number of anilines is 2. The van der Waals surface area contributed by atoms with Crippen LogP contribution in [0.2, 0.25) is 0 Å². The molecule has 1 aliphatic rings. The van der Waals surface area contributed by atoms with Gasteiger partial charge in [0.15, 0.2) is 0 Å². The van der Waals surface area contributed by atoms with E-state index in [1.807, 2.05) is 6.07 Å². The number of benzene rings is 1. The molecule has 0 atom stereocenters. The van der Waals surface area contributed by atoms with Gasteiger partial charge in [-0.15, -0.1) is 0 Å². The maximum atomic E-state index is 5.97. The minimum atomic E-state index is 0.631. The molecule has 1 heterocycles. The number of piperazine rings is 1. The lowest BCUT2D eigenvalue weighted by Crippen LogP contribution is -2.48. The number of hydrogen-bond donors (Lipinski definition) is 1. The van der Waals surface area contributed by atoms with Crippen molar-refractivity contribution in [3.8, 4) is 5.75 Å².